The van der Waals surface area contributed by atoms with E-state index in [-0.39, 0.29) is 0 Å². The van der Waals surface area contributed by atoms with Gasteiger partial charge < -0.3 is 5.32 Å². The van der Waals surface area contributed by atoms with Gasteiger partial charge in [0.05, 0.1) is 0 Å². The van der Waals surface area contributed by atoms with E-state index in [1.54, 1.807) is 0 Å². The quantitative estimate of drug-likeness (QED) is 0.726. The van der Waals surface area contributed by atoms with Crippen LogP contribution in [0.3, 0.4) is 0 Å². The Bertz CT molecular complexity index is 260. The van der Waals surface area contributed by atoms with Gasteiger partial charge in [-0.2, -0.15) is 0 Å². The monoisotopic (exact) mass is 175 g/mol. The molecule has 2 rings (SSSR count). The molecule has 0 heterocycles. The first kappa shape index (κ1) is 8.61. The van der Waals surface area contributed by atoms with Crippen LogP contribution in [0, 0.1) is 0 Å². The number of anilines is 1. The topological polar surface area (TPSA) is 12.0 Å². The summed E-state index contributed by atoms with van der Waals surface area (Å²) in [6, 6.07) is 10.5. The van der Waals surface area contributed by atoms with E-state index in [0.29, 0.717) is 5.54 Å². The second-order valence-electron chi connectivity index (χ2n) is 4.26. The molecule has 0 aromatic heterocycles. The molecule has 1 nitrogen and oxygen atoms in total. The molecule has 13 heavy (non-hydrogen) atoms. The maximum atomic E-state index is 3.62. The van der Waals surface area contributed by atoms with E-state index in [0.717, 1.165) is 0 Å². The first-order chi connectivity index (χ1) is 6.29. The molecule has 1 aliphatic rings. The third kappa shape index (κ3) is 2.03. The predicted molar refractivity (Wildman–Crippen MR) is 56.9 cm³/mol. The van der Waals surface area contributed by atoms with Crippen molar-refractivity contribution >= 4 is 5.69 Å². The van der Waals surface area contributed by atoms with Gasteiger partial charge in [0.15, 0.2) is 0 Å². The third-order valence-corrected chi connectivity index (χ3v) is 2.93. The standard InChI is InChI=1S/C12H17N/c1-12(9-5-6-10-12)13-11-7-3-2-4-8-11/h2-4,7-8,13H,5-6,9-10H2,1H3. The first-order valence-corrected chi connectivity index (χ1v) is 5.12. The van der Waals surface area contributed by atoms with Crippen molar-refractivity contribution in [1.29, 1.82) is 0 Å². The minimum absolute atomic E-state index is 0.349. The average Bonchev–Trinajstić information content (AvgIpc) is 2.54. The van der Waals surface area contributed by atoms with E-state index in [9.17, 15) is 0 Å². The Morgan fingerprint density at radius 3 is 2.31 bits per heavy atom. The summed E-state index contributed by atoms with van der Waals surface area (Å²) in [5.74, 6) is 0. The zero-order chi connectivity index (χ0) is 9.15. The van der Waals surface area contributed by atoms with Crippen molar-refractivity contribution in [1.82, 2.24) is 0 Å². The van der Waals surface area contributed by atoms with Crippen LogP contribution in [0.4, 0.5) is 5.69 Å². The smallest absolute Gasteiger partial charge is 0.0345 e. The molecule has 0 bridgehead atoms. The highest BCUT2D eigenvalue weighted by Crippen LogP contribution is 2.32. The molecule has 1 saturated carbocycles. The molecular formula is C12H17N. The Balaban J connectivity index is 2.05. The Labute approximate surface area is 80.2 Å². The van der Waals surface area contributed by atoms with Crippen molar-refractivity contribution < 1.29 is 0 Å². The Kier molecular flexibility index (Phi) is 2.26. The molecule has 1 aromatic rings. The largest absolute Gasteiger partial charge is 0.380 e. The number of rotatable bonds is 2. The van der Waals surface area contributed by atoms with Crippen molar-refractivity contribution in [2.24, 2.45) is 0 Å². The van der Waals surface area contributed by atoms with Gasteiger partial charge in [-0.25, -0.2) is 0 Å². The Morgan fingerprint density at radius 2 is 1.69 bits per heavy atom. The van der Waals surface area contributed by atoms with Gasteiger partial charge in [-0.3, -0.25) is 0 Å². The summed E-state index contributed by atoms with van der Waals surface area (Å²) in [4.78, 5) is 0. The van der Waals surface area contributed by atoms with Crippen LogP contribution in [0.25, 0.3) is 0 Å². The van der Waals surface area contributed by atoms with Crippen molar-refractivity contribution in [3.63, 3.8) is 0 Å². The van der Waals surface area contributed by atoms with Gasteiger partial charge in [0.2, 0.25) is 0 Å². The SMILES string of the molecule is CC1(Nc2ccccc2)CCCC1. The van der Waals surface area contributed by atoms with Crippen LogP contribution in [0.1, 0.15) is 32.6 Å². The second kappa shape index (κ2) is 3.41. The van der Waals surface area contributed by atoms with Crippen LogP contribution in [0.5, 0.6) is 0 Å². The zero-order valence-electron chi connectivity index (χ0n) is 8.22. The maximum absolute atomic E-state index is 3.62. The molecule has 1 aliphatic carbocycles. The lowest BCUT2D eigenvalue weighted by atomic mass is 10.0. The molecule has 1 fully saturated rings. The van der Waals surface area contributed by atoms with Gasteiger partial charge in [-0.15, -0.1) is 0 Å². The van der Waals surface area contributed by atoms with E-state index in [4.69, 9.17) is 0 Å². The van der Waals surface area contributed by atoms with E-state index >= 15 is 0 Å². The molecule has 0 aliphatic heterocycles. The summed E-state index contributed by atoms with van der Waals surface area (Å²) in [5.41, 5.74) is 1.60. The lowest BCUT2D eigenvalue weighted by Crippen LogP contribution is -2.30. The zero-order valence-corrected chi connectivity index (χ0v) is 8.22. The highest BCUT2D eigenvalue weighted by Gasteiger charge is 2.27. The van der Waals surface area contributed by atoms with Crippen molar-refractivity contribution in [3.8, 4) is 0 Å². The highest BCUT2D eigenvalue weighted by atomic mass is 15.0. The van der Waals surface area contributed by atoms with Gasteiger partial charge in [-0.1, -0.05) is 31.0 Å². The van der Waals surface area contributed by atoms with Gasteiger partial charge in [0.1, 0.15) is 0 Å². The summed E-state index contributed by atoms with van der Waals surface area (Å²) in [7, 11) is 0. The number of hydrogen-bond donors (Lipinski definition) is 1. The minimum atomic E-state index is 0.349. The fourth-order valence-corrected chi connectivity index (χ4v) is 2.15. The summed E-state index contributed by atoms with van der Waals surface area (Å²) in [6.07, 6.45) is 5.36. The summed E-state index contributed by atoms with van der Waals surface area (Å²) < 4.78 is 0. The molecule has 0 unspecified atom stereocenters. The average molecular weight is 175 g/mol. The lowest BCUT2D eigenvalue weighted by molar-refractivity contribution is 0.533. The number of hydrogen-bond acceptors (Lipinski definition) is 1. The molecule has 0 radical (unpaired) electrons. The van der Waals surface area contributed by atoms with E-state index in [2.05, 4.69) is 42.6 Å². The van der Waals surface area contributed by atoms with Crippen molar-refractivity contribution in [2.75, 3.05) is 5.32 Å². The van der Waals surface area contributed by atoms with Gasteiger partial charge >= 0.3 is 0 Å². The van der Waals surface area contributed by atoms with Crippen LogP contribution < -0.4 is 5.32 Å². The van der Waals surface area contributed by atoms with E-state index in [1.807, 2.05) is 0 Å². The normalized spacial score (nSPS) is 20.1. The number of para-hydroxylation sites is 1. The lowest BCUT2D eigenvalue weighted by Gasteiger charge is -2.26. The summed E-state index contributed by atoms with van der Waals surface area (Å²) >= 11 is 0. The molecule has 1 N–H and O–H groups in total. The minimum Gasteiger partial charge on any atom is -0.380 e. The highest BCUT2D eigenvalue weighted by molar-refractivity contribution is 5.45. The van der Waals surface area contributed by atoms with Crippen molar-refractivity contribution in [2.45, 2.75) is 38.1 Å². The Morgan fingerprint density at radius 1 is 1.08 bits per heavy atom. The maximum Gasteiger partial charge on any atom is 0.0345 e. The third-order valence-electron chi connectivity index (χ3n) is 2.93. The van der Waals surface area contributed by atoms with E-state index in [1.165, 1.54) is 31.4 Å². The molecule has 0 atom stereocenters. The number of nitrogens with one attached hydrogen (secondary N) is 1. The first-order valence-electron chi connectivity index (χ1n) is 5.12. The van der Waals surface area contributed by atoms with Crippen LogP contribution in [-0.4, -0.2) is 5.54 Å². The summed E-state index contributed by atoms with van der Waals surface area (Å²) in [6.45, 7) is 2.33. The van der Waals surface area contributed by atoms with Crippen molar-refractivity contribution in [3.05, 3.63) is 30.3 Å². The van der Waals surface area contributed by atoms with Crippen LogP contribution in [0.15, 0.2) is 30.3 Å². The van der Waals surface area contributed by atoms with Gasteiger partial charge in [0, 0.05) is 11.2 Å². The summed E-state index contributed by atoms with van der Waals surface area (Å²) in [5, 5.41) is 3.62. The van der Waals surface area contributed by atoms with Gasteiger partial charge in [0.25, 0.3) is 0 Å². The molecule has 0 saturated heterocycles. The molecular weight excluding hydrogens is 158 g/mol. The van der Waals surface area contributed by atoms with Crippen LogP contribution in [-0.2, 0) is 0 Å². The second-order valence-corrected chi connectivity index (χ2v) is 4.26. The molecule has 1 heteroatoms. The fourth-order valence-electron chi connectivity index (χ4n) is 2.15. The molecule has 0 spiro atoms. The van der Waals surface area contributed by atoms with Crippen LogP contribution in [0.2, 0.25) is 0 Å². The number of benzene rings is 1. The molecule has 70 valence electrons. The fraction of sp³-hybridized carbons (Fsp3) is 0.500. The molecule has 1 aromatic carbocycles. The van der Waals surface area contributed by atoms with Crippen LogP contribution >= 0.6 is 0 Å². The molecule has 0 amide bonds. The Hall–Kier alpha value is -0.980. The van der Waals surface area contributed by atoms with Gasteiger partial charge in [-0.05, 0) is 31.9 Å². The predicted octanol–water partition coefficient (Wildman–Crippen LogP) is 3.43. The van der Waals surface area contributed by atoms with E-state index < -0.39 is 0 Å².